The van der Waals surface area contributed by atoms with E-state index in [4.69, 9.17) is 9.47 Å². The highest BCUT2D eigenvalue weighted by molar-refractivity contribution is 6.09. The Kier molecular flexibility index (Phi) is 6.69. The van der Waals surface area contributed by atoms with Gasteiger partial charge in [0.2, 0.25) is 0 Å². The van der Waals surface area contributed by atoms with Crippen LogP contribution in [0.2, 0.25) is 0 Å². The van der Waals surface area contributed by atoms with Crippen LogP contribution in [0.5, 0.6) is 11.5 Å². The Hall–Kier alpha value is -4.86. The summed E-state index contributed by atoms with van der Waals surface area (Å²) in [5, 5.41) is 17.6. The highest BCUT2D eigenvalue weighted by Crippen LogP contribution is 2.38. The number of hydrogen-bond donors (Lipinski definition) is 2. The monoisotopic (exact) mass is 514 g/mol. The van der Waals surface area contributed by atoms with Crippen LogP contribution in [-0.4, -0.2) is 29.6 Å². The Morgan fingerprint density at radius 1 is 0.974 bits per heavy atom. The summed E-state index contributed by atoms with van der Waals surface area (Å²) in [6.07, 6.45) is 5.34. The Morgan fingerprint density at radius 3 is 2.55 bits per heavy atom. The van der Waals surface area contributed by atoms with Crippen LogP contribution in [0, 0.1) is 10.1 Å². The second kappa shape index (κ2) is 10.3. The Bertz CT molecular complexity index is 1570. The third-order valence-electron chi connectivity index (χ3n) is 6.76. The lowest BCUT2D eigenvalue weighted by molar-refractivity contribution is -0.385. The first-order valence-corrected chi connectivity index (χ1v) is 12.1. The zero-order valence-electron chi connectivity index (χ0n) is 20.9. The van der Waals surface area contributed by atoms with Gasteiger partial charge in [-0.15, -0.1) is 0 Å². The molecule has 5 rings (SSSR count). The van der Waals surface area contributed by atoms with Gasteiger partial charge in [-0.25, -0.2) is 0 Å². The highest BCUT2D eigenvalue weighted by Gasteiger charge is 2.26. The number of nitrogens with one attached hydrogen (secondary N) is 2. The number of nitro benzene ring substituents is 1. The van der Waals surface area contributed by atoms with E-state index in [1.807, 2.05) is 24.3 Å². The molecule has 2 aromatic carbocycles. The molecule has 38 heavy (non-hydrogen) atoms. The summed E-state index contributed by atoms with van der Waals surface area (Å²) >= 11 is 0. The molecule has 0 saturated carbocycles. The summed E-state index contributed by atoms with van der Waals surface area (Å²) in [5.41, 5.74) is 5.17. The molecule has 0 saturated heterocycles. The van der Waals surface area contributed by atoms with Gasteiger partial charge in [0.05, 0.1) is 30.5 Å². The Balaban J connectivity index is 1.38. The van der Waals surface area contributed by atoms with Crippen LogP contribution in [0.25, 0.3) is 5.57 Å². The number of allylic oxidation sites excluding steroid dienone is 2. The minimum atomic E-state index is -0.476. The molecule has 0 atom stereocenters. The smallest absolute Gasteiger partial charge is 0.310 e. The third kappa shape index (κ3) is 4.75. The number of ether oxygens (including phenoxy) is 2. The first kappa shape index (κ1) is 24.8. The lowest BCUT2D eigenvalue weighted by atomic mass is 9.90. The van der Waals surface area contributed by atoms with Crippen LogP contribution in [0.1, 0.15) is 24.0 Å². The van der Waals surface area contributed by atoms with E-state index in [2.05, 4.69) is 10.6 Å². The molecule has 10 nitrogen and oxygen atoms in total. The molecule has 0 fully saturated rings. The van der Waals surface area contributed by atoms with Gasteiger partial charge >= 0.3 is 5.69 Å². The number of carbonyl (C=O) groups excluding carboxylic acids is 1. The molecule has 0 bridgehead atoms. The normalized spacial score (nSPS) is 14.4. The molecule has 1 aliphatic heterocycles. The SMILES string of the molecule is COc1cc(C2=CC3=C(CC2)C(=O)Nc2cc(CCn4cccc(OC)c4=O)ccc2N3)ccc1[N+](=O)[O-]. The van der Waals surface area contributed by atoms with Gasteiger partial charge in [-0.05, 0) is 78.4 Å². The number of nitrogens with zero attached hydrogens (tertiary/aromatic N) is 2. The molecule has 2 heterocycles. The van der Waals surface area contributed by atoms with Crippen LogP contribution in [0.4, 0.5) is 17.1 Å². The number of aryl methyl sites for hydroxylation is 2. The quantitative estimate of drug-likeness (QED) is 0.351. The molecule has 0 unspecified atom stereocenters. The molecule has 1 amide bonds. The van der Waals surface area contributed by atoms with Crippen LogP contribution in [0.3, 0.4) is 0 Å². The van der Waals surface area contributed by atoms with Gasteiger partial charge in [-0.1, -0.05) is 6.07 Å². The van der Waals surface area contributed by atoms with E-state index >= 15 is 0 Å². The fourth-order valence-corrected chi connectivity index (χ4v) is 4.73. The van der Waals surface area contributed by atoms with Crippen molar-refractivity contribution in [3.05, 3.63) is 104 Å². The minimum Gasteiger partial charge on any atom is -0.491 e. The summed E-state index contributed by atoms with van der Waals surface area (Å²) in [7, 11) is 2.87. The number of pyridine rings is 1. The van der Waals surface area contributed by atoms with Crippen molar-refractivity contribution < 1.29 is 19.2 Å². The summed E-state index contributed by atoms with van der Waals surface area (Å²) in [6, 6.07) is 14.0. The second-order valence-corrected chi connectivity index (χ2v) is 8.99. The number of rotatable bonds is 7. The van der Waals surface area contributed by atoms with Gasteiger partial charge in [0.25, 0.3) is 11.5 Å². The summed E-state index contributed by atoms with van der Waals surface area (Å²) in [4.78, 5) is 36.3. The van der Waals surface area contributed by atoms with Crippen molar-refractivity contribution in [2.45, 2.75) is 25.8 Å². The van der Waals surface area contributed by atoms with Gasteiger partial charge in [0.1, 0.15) is 0 Å². The van der Waals surface area contributed by atoms with E-state index in [1.54, 1.807) is 35.0 Å². The maximum absolute atomic E-state index is 13.1. The predicted octanol–water partition coefficient (Wildman–Crippen LogP) is 4.51. The maximum atomic E-state index is 13.1. The lowest BCUT2D eigenvalue weighted by Gasteiger charge is -2.19. The minimum absolute atomic E-state index is 0.0967. The number of fused-ring (bicyclic) bond motifs is 1. The zero-order valence-corrected chi connectivity index (χ0v) is 20.9. The molecule has 2 N–H and O–H groups in total. The largest absolute Gasteiger partial charge is 0.491 e. The first-order chi connectivity index (χ1) is 18.4. The van der Waals surface area contributed by atoms with Gasteiger partial charge in [-0.3, -0.25) is 19.7 Å². The first-order valence-electron chi connectivity index (χ1n) is 12.1. The predicted molar refractivity (Wildman–Crippen MR) is 144 cm³/mol. The van der Waals surface area contributed by atoms with Gasteiger partial charge in [0.15, 0.2) is 11.5 Å². The summed E-state index contributed by atoms with van der Waals surface area (Å²) < 4.78 is 11.9. The van der Waals surface area contributed by atoms with Crippen LogP contribution >= 0.6 is 0 Å². The molecule has 10 heteroatoms. The van der Waals surface area contributed by atoms with Crippen LogP contribution in [0.15, 0.2) is 76.9 Å². The number of methoxy groups -OCH3 is 2. The molecule has 3 aromatic rings. The highest BCUT2D eigenvalue weighted by atomic mass is 16.6. The maximum Gasteiger partial charge on any atom is 0.310 e. The van der Waals surface area contributed by atoms with Gasteiger partial charge < -0.3 is 24.7 Å². The molecule has 0 spiro atoms. The molecule has 1 aliphatic carbocycles. The molecule has 0 radical (unpaired) electrons. The fourth-order valence-electron chi connectivity index (χ4n) is 4.73. The number of aromatic nitrogens is 1. The van der Waals surface area contributed by atoms with E-state index in [0.29, 0.717) is 48.5 Å². The third-order valence-corrected chi connectivity index (χ3v) is 6.76. The zero-order chi connectivity index (χ0) is 26.8. The van der Waals surface area contributed by atoms with Gasteiger partial charge in [0, 0.05) is 30.1 Å². The molecular weight excluding hydrogens is 488 g/mol. The number of carbonyl (C=O) groups is 1. The number of nitro groups is 1. The van der Waals surface area contributed by atoms with Gasteiger partial charge in [-0.2, -0.15) is 0 Å². The van der Waals surface area contributed by atoms with Crippen molar-refractivity contribution >= 4 is 28.5 Å². The summed E-state index contributed by atoms with van der Waals surface area (Å²) in [6.45, 7) is 0.468. The number of anilines is 2. The second-order valence-electron chi connectivity index (χ2n) is 8.99. The van der Waals surface area contributed by atoms with Crippen molar-refractivity contribution in [2.75, 3.05) is 24.9 Å². The van der Waals surface area contributed by atoms with E-state index in [-0.39, 0.29) is 22.9 Å². The average molecular weight is 515 g/mol. The van der Waals surface area contributed by atoms with E-state index in [1.165, 1.54) is 20.3 Å². The van der Waals surface area contributed by atoms with E-state index in [0.717, 1.165) is 22.4 Å². The Morgan fingerprint density at radius 2 is 1.79 bits per heavy atom. The molecule has 1 aromatic heterocycles. The standard InChI is InChI=1S/C28H26N4O6/c1-37-25-4-3-12-31(28(25)34)13-11-17-5-9-21-23(14-17)30-27(33)20-8-6-18(15-22(20)29-21)19-7-10-24(32(35)36)26(16-19)38-2/h3-5,7,9-10,12,14-16,29H,6,8,11,13H2,1-2H3,(H,30,33). The van der Waals surface area contributed by atoms with E-state index < -0.39 is 4.92 Å². The Labute approximate surface area is 218 Å². The number of hydrogen-bond acceptors (Lipinski definition) is 7. The van der Waals surface area contributed by atoms with Crippen LogP contribution in [-0.2, 0) is 17.8 Å². The average Bonchev–Trinajstić information content (AvgIpc) is 3.06. The van der Waals surface area contributed by atoms with E-state index in [9.17, 15) is 19.7 Å². The lowest BCUT2D eigenvalue weighted by Crippen LogP contribution is -2.21. The van der Waals surface area contributed by atoms with Crippen molar-refractivity contribution in [3.8, 4) is 11.5 Å². The number of benzene rings is 2. The van der Waals surface area contributed by atoms with Crippen molar-refractivity contribution in [1.82, 2.24) is 4.57 Å². The fraction of sp³-hybridized carbons (Fsp3) is 0.214. The molecular formula is C28H26N4O6. The van der Waals surface area contributed by atoms with Crippen molar-refractivity contribution in [2.24, 2.45) is 0 Å². The number of amides is 1. The topological polar surface area (TPSA) is 125 Å². The van der Waals surface area contributed by atoms with Crippen molar-refractivity contribution in [1.29, 1.82) is 0 Å². The molecule has 194 valence electrons. The van der Waals surface area contributed by atoms with Crippen LogP contribution < -0.4 is 25.7 Å². The molecule has 2 aliphatic rings. The summed E-state index contributed by atoms with van der Waals surface area (Å²) in [5.74, 6) is 0.306. The van der Waals surface area contributed by atoms with Crippen molar-refractivity contribution in [3.63, 3.8) is 0 Å².